The lowest BCUT2D eigenvalue weighted by atomic mass is 9.90. The van der Waals surface area contributed by atoms with Crippen LogP contribution in [0.3, 0.4) is 0 Å². The Balaban J connectivity index is 2.00. The van der Waals surface area contributed by atoms with E-state index in [2.05, 4.69) is 26.5 Å². The molecule has 0 bridgehead atoms. The van der Waals surface area contributed by atoms with Gasteiger partial charge in [0.05, 0.1) is 16.5 Å². The van der Waals surface area contributed by atoms with Crippen LogP contribution in [0.4, 0.5) is 0 Å². The van der Waals surface area contributed by atoms with Crippen molar-refractivity contribution in [3.8, 4) is 0 Å². The zero-order valence-corrected chi connectivity index (χ0v) is 15.3. The molecule has 23 heavy (non-hydrogen) atoms. The third-order valence-electron chi connectivity index (χ3n) is 4.11. The van der Waals surface area contributed by atoms with Gasteiger partial charge in [-0.25, -0.2) is 0 Å². The fourth-order valence-electron chi connectivity index (χ4n) is 2.93. The molecule has 0 saturated carbocycles. The quantitative estimate of drug-likeness (QED) is 0.674. The number of likely N-dealkylation sites (tertiary alicyclic amines) is 1. The van der Waals surface area contributed by atoms with Crippen molar-refractivity contribution in [1.29, 1.82) is 0 Å². The van der Waals surface area contributed by atoms with E-state index in [1.165, 1.54) is 5.57 Å². The number of rotatable bonds is 4. The van der Waals surface area contributed by atoms with Crippen molar-refractivity contribution in [2.24, 2.45) is 5.92 Å². The number of benzene rings is 1. The highest BCUT2D eigenvalue weighted by atomic mass is 35.5. The molecule has 1 atom stereocenters. The zero-order valence-electron chi connectivity index (χ0n) is 13.7. The molecule has 0 radical (unpaired) electrons. The van der Waals surface area contributed by atoms with E-state index < -0.39 is 0 Å². The summed E-state index contributed by atoms with van der Waals surface area (Å²) in [7, 11) is 0. The highest BCUT2D eigenvalue weighted by Crippen LogP contribution is 2.26. The van der Waals surface area contributed by atoms with Gasteiger partial charge in [0.2, 0.25) is 5.91 Å². The lowest BCUT2D eigenvalue weighted by Gasteiger charge is -2.33. The lowest BCUT2D eigenvalue weighted by molar-refractivity contribution is -0.131. The number of halogens is 2. The summed E-state index contributed by atoms with van der Waals surface area (Å²) < 4.78 is 0. The summed E-state index contributed by atoms with van der Waals surface area (Å²) in [4.78, 5) is 14.5. The summed E-state index contributed by atoms with van der Waals surface area (Å²) >= 11 is 11.9. The van der Waals surface area contributed by atoms with Crippen molar-refractivity contribution in [1.82, 2.24) is 4.90 Å². The van der Waals surface area contributed by atoms with Crippen LogP contribution in [0.15, 0.2) is 42.0 Å². The predicted molar refractivity (Wildman–Crippen MR) is 98.0 cm³/mol. The van der Waals surface area contributed by atoms with Gasteiger partial charge in [-0.3, -0.25) is 4.79 Å². The topological polar surface area (TPSA) is 20.3 Å². The van der Waals surface area contributed by atoms with Gasteiger partial charge in [0, 0.05) is 19.0 Å². The summed E-state index contributed by atoms with van der Waals surface area (Å²) in [5, 5.41) is 1.00. The Morgan fingerprint density at radius 3 is 2.74 bits per heavy atom. The van der Waals surface area contributed by atoms with Gasteiger partial charge in [0.1, 0.15) is 0 Å². The minimum absolute atomic E-state index is 0.137. The molecule has 1 aromatic carbocycles. The molecule has 1 amide bonds. The zero-order chi connectivity index (χ0) is 17.0. The number of allylic oxidation sites excluding steroid dienone is 2. The van der Waals surface area contributed by atoms with Gasteiger partial charge in [0.15, 0.2) is 0 Å². The second-order valence-corrected chi connectivity index (χ2v) is 7.22. The van der Waals surface area contributed by atoms with Gasteiger partial charge >= 0.3 is 0 Å². The Bertz CT molecular complexity index is 632. The molecule has 0 aliphatic carbocycles. The normalized spacial score (nSPS) is 17.7. The third kappa shape index (κ3) is 5.12. The molecule has 1 aliphatic rings. The molecule has 1 heterocycles. The van der Waals surface area contributed by atoms with Crippen molar-refractivity contribution in [2.75, 3.05) is 13.1 Å². The molecule has 0 aromatic heterocycles. The van der Waals surface area contributed by atoms with Crippen LogP contribution in [0.25, 0.3) is 0 Å². The van der Waals surface area contributed by atoms with E-state index in [0.29, 0.717) is 22.4 Å². The maximum absolute atomic E-state index is 12.6. The van der Waals surface area contributed by atoms with E-state index in [1.807, 2.05) is 11.0 Å². The largest absolute Gasteiger partial charge is 0.342 e. The number of amides is 1. The second-order valence-electron chi connectivity index (χ2n) is 6.40. The van der Waals surface area contributed by atoms with Crippen LogP contribution in [-0.4, -0.2) is 23.9 Å². The maximum Gasteiger partial charge on any atom is 0.227 e. The number of nitrogens with zero attached hydrogens (tertiary/aromatic N) is 1. The molecule has 4 heteroatoms. The molecule has 1 unspecified atom stereocenters. The SMILES string of the molecule is C=C(C=C(C)C)C1CCCN(C(=O)Cc2ccc(Cl)c(Cl)c2)C1. The molecular weight excluding hydrogens is 329 g/mol. The highest BCUT2D eigenvalue weighted by molar-refractivity contribution is 6.42. The smallest absolute Gasteiger partial charge is 0.227 e. The van der Waals surface area contributed by atoms with Gasteiger partial charge in [0.25, 0.3) is 0 Å². The van der Waals surface area contributed by atoms with Gasteiger partial charge in [-0.2, -0.15) is 0 Å². The van der Waals surface area contributed by atoms with E-state index in [0.717, 1.165) is 37.1 Å². The number of carbonyl (C=O) groups is 1. The van der Waals surface area contributed by atoms with Crippen LogP contribution in [0, 0.1) is 5.92 Å². The first-order chi connectivity index (χ1) is 10.9. The molecule has 1 saturated heterocycles. The van der Waals surface area contributed by atoms with Crippen LogP contribution in [0.1, 0.15) is 32.3 Å². The summed E-state index contributed by atoms with van der Waals surface area (Å²) in [6.45, 7) is 9.88. The third-order valence-corrected chi connectivity index (χ3v) is 4.85. The minimum Gasteiger partial charge on any atom is -0.342 e. The van der Waals surface area contributed by atoms with E-state index in [1.54, 1.807) is 12.1 Å². The van der Waals surface area contributed by atoms with Crippen molar-refractivity contribution >= 4 is 29.1 Å². The van der Waals surface area contributed by atoms with Crippen LogP contribution >= 0.6 is 23.2 Å². The summed E-state index contributed by atoms with van der Waals surface area (Å²) in [6, 6.07) is 5.36. The van der Waals surface area contributed by atoms with Gasteiger partial charge < -0.3 is 4.90 Å². The molecule has 1 fully saturated rings. The Morgan fingerprint density at radius 2 is 2.09 bits per heavy atom. The molecule has 2 nitrogen and oxygen atoms in total. The fourth-order valence-corrected chi connectivity index (χ4v) is 3.25. The van der Waals surface area contributed by atoms with E-state index in [-0.39, 0.29) is 5.91 Å². The Kier molecular flexibility index (Phi) is 6.32. The first kappa shape index (κ1) is 18.1. The fraction of sp³-hybridized carbons (Fsp3) is 0.421. The van der Waals surface area contributed by atoms with Crippen LogP contribution in [0.2, 0.25) is 10.0 Å². The van der Waals surface area contributed by atoms with Crippen LogP contribution < -0.4 is 0 Å². The average molecular weight is 352 g/mol. The van der Waals surface area contributed by atoms with Gasteiger partial charge in [-0.1, -0.05) is 53.1 Å². The van der Waals surface area contributed by atoms with Crippen molar-refractivity contribution in [3.05, 3.63) is 57.6 Å². The van der Waals surface area contributed by atoms with E-state index >= 15 is 0 Å². The van der Waals surface area contributed by atoms with Crippen LogP contribution in [0.5, 0.6) is 0 Å². The maximum atomic E-state index is 12.6. The van der Waals surface area contributed by atoms with E-state index in [9.17, 15) is 4.79 Å². The van der Waals surface area contributed by atoms with Crippen molar-refractivity contribution in [2.45, 2.75) is 33.1 Å². The van der Waals surface area contributed by atoms with Crippen LogP contribution in [-0.2, 0) is 11.2 Å². The van der Waals surface area contributed by atoms with Crippen molar-refractivity contribution in [3.63, 3.8) is 0 Å². The predicted octanol–water partition coefficient (Wildman–Crippen LogP) is 5.30. The molecule has 124 valence electrons. The van der Waals surface area contributed by atoms with Gasteiger partial charge in [-0.15, -0.1) is 0 Å². The average Bonchev–Trinajstić information content (AvgIpc) is 2.50. The molecule has 1 aromatic rings. The Hall–Kier alpha value is -1.25. The lowest BCUT2D eigenvalue weighted by Crippen LogP contribution is -2.41. The monoisotopic (exact) mass is 351 g/mol. The molecule has 2 rings (SSSR count). The molecule has 0 spiro atoms. The summed E-state index contributed by atoms with van der Waals surface area (Å²) in [6.07, 6.45) is 4.60. The van der Waals surface area contributed by atoms with E-state index in [4.69, 9.17) is 23.2 Å². The first-order valence-electron chi connectivity index (χ1n) is 7.92. The van der Waals surface area contributed by atoms with Gasteiger partial charge in [-0.05, 0) is 44.4 Å². The number of hydrogen-bond donors (Lipinski definition) is 0. The first-order valence-corrected chi connectivity index (χ1v) is 8.68. The summed E-state index contributed by atoms with van der Waals surface area (Å²) in [5.41, 5.74) is 3.26. The highest BCUT2D eigenvalue weighted by Gasteiger charge is 2.24. The standard InChI is InChI=1S/C19H23Cl2NO/c1-13(2)9-14(3)16-5-4-8-22(12-16)19(23)11-15-6-7-17(20)18(21)10-15/h6-7,9-10,16H,3-5,8,11-12H2,1-2H3. The molecule has 1 aliphatic heterocycles. The van der Waals surface area contributed by atoms with Crippen molar-refractivity contribution < 1.29 is 4.79 Å². The molecular formula is C19H23Cl2NO. The molecule has 0 N–H and O–H groups in total. The Morgan fingerprint density at radius 1 is 1.35 bits per heavy atom. The number of piperidine rings is 1. The second kappa shape index (κ2) is 8.03. The number of carbonyl (C=O) groups excluding carboxylic acids is 1. The Labute approximate surface area is 148 Å². The summed E-state index contributed by atoms with van der Waals surface area (Å²) in [5.74, 6) is 0.495. The minimum atomic E-state index is 0.137. The number of hydrogen-bond acceptors (Lipinski definition) is 1.